The molecule has 2 N–H and O–H groups in total. The summed E-state index contributed by atoms with van der Waals surface area (Å²) in [4.78, 5) is 58.6. The number of fused-ring (bicyclic) bond motifs is 2. The number of nitrogens with zero attached hydrogens (tertiary/aromatic N) is 4. The van der Waals surface area contributed by atoms with E-state index in [0.29, 0.717) is 28.8 Å². The molecule has 1 saturated heterocycles. The smallest absolute Gasteiger partial charge is 0.262 e. The van der Waals surface area contributed by atoms with Crippen LogP contribution in [0.2, 0.25) is 0 Å². The lowest BCUT2D eigenvalue weighted by molar-refractivity contribution is -0.135. The topological polar surface area (TPSA) is 128 Å². The maximum atomic E-state index is 13.3. The molecule has 170 valence electrons. The molecule has 2 aliphatic rings. The Labute approximate surface area is 189 Å². The number of rotatable bonds is 4. The van der Waals surface area contributed by atoms with Gasteiger partial charge in [0.15, 0.2) is 0 Å². The summed E-state index contributed by atoms with van der Waals surface area (Å²) in [5, 5.41) is 5.52. The minimum atomic E-state index is -0.787. The van der Waals surface area contributed by atoms with E-state index >= 15 is 0 Å². The molecule has 0 bridgehead atoms. The van der Waals surface area contributed by atoms with E-state index in [9.17, 15) is 19.2 Å². The van der Waals surface area contributed by atoms with E-state index in [1.54, 1.807) is 25.1 Å². The summed E-state index contributed by atoms with van der Waals surface area (Å²) >= 11 is 0. The van der Waals surface area contributed by atoms with E-state index in [-0.39, 0.29) is 36.1 Å². The Morgan fingerprint density at radius 1 is 1.24 bits per heavy atom. The molecule has 0 aliphatic carbocycles. The number of imide groups is 1. The van der Waals surface area contributed by atoms with E-state index < -0.39 is 11.9 Å². The second kappa shape index (κ2) is 8.27. The van der Waals surface area contributed by atoms with Crippen LogP contribution in [0.1, 0.15) is 43.2 Å². The van der Waals surface area contributed by atoms with Crippen molar-refractivity contribution in [3.8, 4) is 0 Å². The average Bonchev–Trinajstić information content (AvgIpc) is 3.23. The molecule has 5 rings (SSSR count). The van der Waals surface area contributed by atoms with E-state index in [4.69, 9.17) is 0 Å². The molecule has 2 aromatic heterocycles. The van der Waals surface area contributed by atoms with Crippen molar-refractivity contribution in [1.29, 1.82) is 0 Å². The van der Waals surface area contributed by atoms with Crippen LogP contribution in [0.5, 0.6) is 0 Å². The van der Waals surface area contributed by atoms with Crippen molar-refractivity contribution < 1.29 is 14.4 Å². The Bertz CT molecular complexity index is 1340. The van der Waals surface area contributed by atoms with Crippen LogP contribution >= 0.6 is 0 Å². The molecule has 2 unspecified atom stereocenters. The number of piperidine rings is 1. The van der Waals surface area contributed by atoms with Gasteiger partial charge >= 0.3 is 0 Å². The van der Waals surface area contributed by atoms with Gasteiger partial charge in [-0.1, -0.05) is 6.07 Å². The summed E-state index contributed by atoms with van der Waals surface area (Å²) in [6, 6.07) is 4.25. The summed E-state index contributed by atoms with van der Waals surface area (Å²) < 4.78 is 3.44. The predicted molar refractivity (Wildman–Crippen MR) is 119 cm³/mol. The first-order valence-electron chi connectivity index (χ1n) is 11.0. The molecule has 2 atom stereocenters. The van der Waals surface area contributed by atoms with Crippen LogP contribution in [0.15, 0.2) is 35.5 Å². The second-order valence-corrected chi connectivity index (χ2v) is 8.69. The van der Waals surface area contributed by atoms with Gasteiger partial charge in [0.2, 0.25) is 17.7 Å². The Balaban J connectivity index is 1.39. The van der Waals surface area contributed by atoms with Crippen molar-refractivity contribution in [2.24, 2.45) is 5.92 Å². The standard InChI is InChI=1S/C23H24N6O4/c1-13-25-21-16(23(33)29(13)18-5-6-19(30)27-22(18)32)3-2-4-17(21)26-20(31)10-14-7-8-28-12-24-11-15(28)9-14/h2-4,11-12,14,18H,5-10H2,1H3,(H,26,31)(H,27,30,32). The van der Waals surface area contributed by atoms with Crippen molar-refractivity contribution in [1.82, 2.24) is 24.4 Å². The molecule has 2 aliphatic heterocycles. The largest absolute Gasteiger partial charge is 0.335 e. The first-order chi connectivity index (χ1) is 15.9. The van der Waals surface area contributed by atoms with E-state index in [1.807, 2.05) is 12.5 Å². The van der Waals surface area contributed by atoms with Crippen LogP contribution in [-0.2, 0) is 27.3 Å². The predicted octanol–water partition coefficient (Wildman–Crippen LogP) is 1.47. The number of imidazole rings is 1. The zero-order valence-electron chi connectivity index (χ0n) is 18.2. The van der Waals surface area contributed by atoms with E-state index in [0.717, 1.165) is 25.1 Å². The first-order valence-corrected chi connectivity index (χ1v) is 11.0. The molecule has 1 fully saturated rings. The third-order valence-electron chi connectivity index (χ3n) is 6.45. The maximum Gasteiger partial charge on any atom is 0.262 e. The van der Waals surface area contributed by atoms with E-state index in [2.05, 4.69) is 25.2 Å². The molecule has 0 saturated carbocycles. The Hall–Kier alpha value is -3.82. The minimum absolute atomic E-state index is 0.130. The van der Waals surface area contributed by atoms with Gasteiger partial charge in [0, 0.05) is 31.3 Å². The molecular formula is C23H24N6O4. The normalized spacial score (nSPS) is 20.4. The van der Waals surface area contributed by atoms with Crippen molar-refractivity contribution in [2.75, 3.05) is 5.32 Å². The van der Waals surface area contributed by atoms with Crippen molar-refractivity contribution in [3.63, 3.8) is 0 Å². The fourth-order valence-electron chi connectivity index (χ4n) is 4.80. The number of aromatic nitrogens is 4. The highest BCUT2D eigenvalue weighted by atomic mass is 16.2. The highest BCUT2D eigenvalue weighted by molar-refractivity contribution is 6.01. The number of benzene rings is 1. The fraction of sp³-hybridized carbons (Fsp3) is 0.391. The number of hydrogen-bond donors (Lipinski definition) is 2. The van der Waals surface area contributed by atoms with Crippen molar-refractivity contribution >= 4 is 34.3 Å². The summed E-state index contributed by atoms with van der Waals surface area (Å²) in [7, 11) is 0. The molecule has 10 heteroatoms. The molecular weight excluding hydrogens is 424 g/mol. The third kappa shape index (κ3) is 3.92. The zero-order chi connectivity index (χ0) is 23.1. The Morgan fingerprint density at radius 3 is 2.91 bits per heavy atom. The summed E-state index contributed by atoms with van der Waals surface area (Å²) in [6.45, 7) is 2.50. The van der Waals surface area contributed by atoms with Crippen LogP contribution in [-0.4, -0.2) is 36.8 Å². The van der Waals surface area contributed by atoms with Gasteiger partial charge in [0.1, 0.15) is 17.4 Å². The molecule has 0 spiro atoms. The molecule has 33 heavy (non-hydrogen) atoms. The van der Waals surface area contributed by atoms with Gasteiger partial charge in [-0.3, -0.25) is 29.1 Å². The molecule has 10 nitrogen and oxygen atoms in total. The van der Waals surface area contributed by atoms with Crippen molar-refractivity contribution in [3.05, 3.63) is 52.6 Å². The second-order valence-electron chi connectivity index (χ2n) is 8.69. The van der Waals surface area contributed by atoms with Crippen LogP contribution in [0.3, 0.4) is 0 Å². The lowest BCUT2D eigenvalue weighted by Crippen LogP contribution is -2.45. The van der Waals surface area contributed by atoms with Crippen molar-refractivity contribution in [2.45, 2.75) is 51.6 Å². The number of carbonyl (C=O) groups excluding carboxylic acids is 3. The quantitative estimate of drug-likeness (QED) is 0.582. The number of hydrogen-bond acceptors (Lipinski definition) is 6. The molecule has 4 heterocycles. The molecule has 3 amide bonds. The number of para-hydroxylation sites is 1. The molecule has 0 radical (unpaired) electrons. The Kier molecular flexibility index (Phi) is 5.27. The van der Waals surface area contributed by atoms with E-state index in [1.165, 1.54) is 4.57 Å². The minimum Gasteiger partial charge on any atom is -0.335 e. The van der Waals surface area contributed by atoms with Crippen LogP contribution in [0, 0.1) is 12.8 Å². The number of aryl methyl sites for hydroxylation is 2. The fourth-order valence-corrected chi connectivity index (χ4v) is 4.80. The lowest BCUT2D eigenvalue weighted by atomic mass is 9.92. The summed E-state index contributed by atoms with van der Waals surface area (Å²) in [5.74, 6) is -0.402. The SMILES string of the molecule is Cc1nc2c(NC(=O)CC3CCn4cncc4C3)cccc2c(=O)n1C1CCC(=O)NC1=O. The van der Waals surface area contributed by atoms with Crippen LogP contribution < -0.4 is 16.2 Å². The maximum absolute atomic E-state index is 13.3. The lowest BCUT2D eigenvalue weighted by Gasteiger charge is -2.25. The number of nitrogens with one attached hydrogen (secondary N) is 2. The van der Waals surface area contributed by atoms with Gasteiger partial charge in [-0.2, -0.15) is 0 Å². The van der Waals surface area contributed by atoms with Crippen LogP contribution in [0.4, 0.5) is 5.69 Å². The van der Waals surface area contributed by atoms with Gasteiger partial charge < -0.3 is 9.88 Å². The zero-order valence-corrected chi connectivity index (χ0v) is 18.2. The van der Waals surface area contributed by atoms with Gasteiger partial charge in [0.05, 0.1) is 17.4 Å². The van der Waals surface area contributed by atoms with Gasteiger partial charge in [-0.05, 0) is 44.2 Å². The number of amides is 3. The van der Waals surface area contributed by atoms with Gasteiger partial charge in [-0.15, -0.1) is 0 Å². The highest BCUT2D eigenvalue weighted by Crippen LogP contribution is 2.26. The number of carbonyl (C=O) groups is 3. The van der Waals surface area contributed by atoms with Crippen LogP contribution in [0.25, 0.3) is 10.9 Å². The summed E-state index contributed by atoms with van der Waals surface area (Å²) in [6.07, 6.45) is 6.14. The Morgan fingerprint density at radius 2 is 2.09 bits per heavy atom. The molecule has 3 aromatic rings. The van der Waals surface area contributed by atoms with Gasteiger partial charge in [-0.25, -0.2) is 9.97 Å². The van der Waals surface area contributed by atoms with Gasteiger partial charge in [0.25, 0.3) is 5.56 Å². The molecule has 1 aromatic carbocycles. The third-order valence-corrected chi connectivity index (χ3v) is 6.45. The monoisotopic (exact) mass is 448 g/mol. The summed E-state index contributed by atoms with van der Waals surface area (Å²) in [5.41, 5.74) is 1.62. The number of anilines is 1. The average molecular weight is 448 g/mol. The first kappa shape index (κ1) is 21.0. The highest BCUT2D eigenvalue weighted by Gasteiger charge is 2.30.